The van der Waals surface area contributed by atoms with Crippen molar-refractivity contribution >= 4 is 6.03 Å². The van der Waals surface area contributed by atoms with Crippen LogP contribution in [0.15, 0.2) is 54.6 Å². The average Bonchev–Trinajstić information content (AvgIpc) is 2.59. The summed E-state index contributed by atoms with van der Waals surface area (Å²) in [6.07, 6.45) is 0.674. The Hall–Kier alpha value is -2.43. The van der Waals surface area contributed by atoms with Gasteiger partial charge in [0.25, 0.3) is 0 Å². The lowest BCUT2D eigenvalue weighted by molar-refractivity contribution is 0.239. The molecule has 0 heterocycles. The van der Waals surface area contributed by atoms with Crippen LogP contribution in [-0.4, -0.2) is 25.8 Å². The number of urea groups is 1. The summed E-state index contributed by atoms with van der Waals surface area (Å²) in [5.41, 5.74) is 2.08. The van der Waals surface area contributed by atoms with Crippen molar-refractivity contribution in [3.8, 4) is 0 Å². The molecule has 0 fully saturated rings. The van der Waals surface area contributed by atoms with Gasteiger partial charge in [-0.05, 0) is 29.7 Å². The fraction of sp³-hybridized carbons (Fsp3) is 0.278. The normalized spacial score (nSPS) is 11.7. The number of benzene rings is 2. The molecule has 0 spiro atoms. The molecule has 23 heavy (non-hydrogen) atoms. The molecule has 0 aliphatic heterocycles. The number of carbonyl (C=O) groups is 1. The first-order chi connectivity index (χ1) is 11.2. The summed E-state index contributed by atoms with van der Waals surface area (Å²) < 4.78 is 25.1. The Bertz CT molecular complexity index is 602. The highest BCUT2D eigenvalue weighted by Gasteiger charge is 2.14. The Labute approximate surface area is 134 Å². The summed E-state index contributed by atoms with van der Waals surface area (Å²) in [7, 11) is 0. The highest BCUT2D eigenvalue weighted by Crippen LogP contribution is 2.20. The zero-order valence-electron chi connectivity index (χ0n) is 12.8. The van der Waals surface area contributed by atoms with Crippen molar-refractivity contribution in [3.63, 3.8) is 0 Å². The molecule has 1 unspecified atom stereocenters. The highest BCUT2D eigenvalue weighted by atomic mass is 19.1. The first-order valence-corrected chi connectivity index (χ1v) is 7.56. The summed E-state index contributed by atoms with van der Waals surface area (Å²) in [5, 5.41) is 5.19. The number of rotatable bonds is 7. The van der Waals surface area contributed by atoms with E-state index in [9.17, 15) is 13.6 Å². The van der Waals surface area contributed by atoms with E-state index in [1.165, 1.54) is 12.1 Å². The molecule has 2 amide bonds. The van der Waals surface area contributed by atoms with E-state index in [1.807, 2.05) is 30.3 Å². The Balaban J connectivity index is 2.03. The van der Waals surface area contributed by atoms with E-state index < -0.39 is 6.67 Å². The summed E-state index contributed by atoms with van der Waals surface area (Å²) in [6.45, 7) is -0.176. The minimum absolute atomic E-state index is 0.000199. The van der Waals surface area contributed by atoms with Gasteiger partial charge in [0.05, 0.1) is 0 Å². The van der Waals surface area contributed by atoms with Crippen molar-refractivity contribution in [3.05, 3.63) is 71.5 Å². The van der Waals surface area contributed by atoms with E-state index in [0.717, 1.165) is 11.1 Å². The van der Waals surface area contributed by atoms with Crippen LogP contribution in [0.4, 0.5) is 13.6 Å². The molecule has 5 heteroatoms. The van der Waals surface area contributed by atoms with Crippen molar-refractivity contribution in [1.82, 2.24) is 10.6 Å². The third kappa shape index (κ3) is 5.70. The standard InChI is InChI=1S/C18H20F2N2O/c19-10-11-21-18(23)22-13-16(15-4-2-1-3-5-15)12-14-6-8-17(20)9-7-14/h1-9,16H,10-13H2,(H2,21,22,23). The van der Waals surface area contributed by atoms with Crippen LogP contribution in [0.5, 0.6) is 0 Å². The number of hydrogen-bond acceptors (Lipinski definition) is 1. The largest absolute Gasteiger partial charge is 0.338 e. The maximum absolute atomic E-state index is 13.0. The minimum atomic E-state index is -0.592. The van der Waals surface area contributed by atoms with Gasteiger partial charge in [-0.3, -0.25) is 0 Å². The lowest BCUT2D eigenvalue weighted by Crippen LogP contribution is -2.39. The van der Waals surface area contributed by atoms with E-state index in [1.54, 1.807) is 12.1 Å². The molecule has 2 aromatic carbocycles. The Morgan fingerprint density at radius 2 is 1.70 bits per heavy atom. The number of hydrogen-bond donors (Lipinski definition) is 2. The van der Waals surface area contributed by atoms with Crippen LogP contribution in [0, 0.1) is 5.82 Å². The second-order valence-electron chi connectivity index (χ2n) is 5.26. The van der Waals surface area contributed by atoms with Gasteiger partial charge in [0.1, 0.15) is 12.5 Å². The molecule has 0 bridgehead atoms. The van der Waals surface area contributed by atoms with Crippen LogP contribution >= 0.6 is 0 Å². The fourth-order valence-corrected chi connectivity index (χ4v) is 2.38. The van der Waals surface area contributed by atoms with E-state index in [-0.39, 0.29) is 24.3 Å². The fourth-order valence-electron chi connectivity index (χ4n) is 2.38. The number of amides is 2. The lowest BCUT2D eigenvalue weighted by Gasteiger charge is -2.18. The average molecular weight is 318 g/mol. The second kappa shape index (κ2) is 8.88. The summed E-state index contributed by atoms with van der Waals surface area (Å²) >= 11 is 0. The van der Waals surface area contributed by atoms with Crippen molar-refractivity contribution in [2.45, 2.75) is 12.3 Å². The molecule has 0 saturated carbocycles. The van der Waals surface area contributed by atoms with Gasteiger partial charge in [-0.1, -0.05) is 42.5 Å². The van der Waals surface area contributed by atoms with Crippen molar-refractivity contribution < 1.29 is 13.6 Å². The number of alkyl halides is 1. The zero-order chi connectivity index (χ0) is 16.5. The summed E-state index contributed by atoms with van der Waals surface area (Å²) in [4.78, 5) is 11.6. The maximum atomic E-state index is 13.0. The quantitative estimate of drug-likeness (QED) is 0.807. The molecule has 2 rings (SSSR count). The third-order valence-corrected chi connectivity index (χ3v) is 3.56. The number of halogens is 2. The molecule has 2 N–H and O–H groups in total. The maximum Gasteiger partial charge on any atom is 0.314 e. The molecule has 2 aromatic rings. The molecule has 0 radical (unpaired) electrons. The first kappa shape index (κ1) is 16.9. The molecule has 122 valence electrons. The molecule has 0 aliphatic carbocycles. The van der Waals surface area contributed by atoms with Crippen molar-refractivity contribution in [2.24, 2.45) is 0 Å². The van der Waals surface area contributed by atoms with Crippen LogP contribution in [0.2, 0.25) is 0 Å². The van der Waals surface area contributed by atoms with Gasteiger partial charge in [0.2, 0.25) is 0 Å². The summed E-state index contributed by atoms with van der Waals surface area (Å²) in [5.74, 6) is -0.216. The topological polar surface area (TPSA) is 41.1 Å². The van der Waals surface area contributed by atoms with Crippen LogP contribution in [0.3, 0.4) is 0 Å². The zero-order valence-corrected chi connectivity index (χ0v) is 12.8. The van der Waals surface area contributed by atoms with E-state index >= 15 is 0 Å². The van der Waals surface area contributed by atoms with Gasteiger partial charge in [-0.2, -0.15) is 0 Å². The lowest BCUT2D eigenvalue weighted by atomic mass is 9.92. The third-order valence-electron chi connectivity index (χ3n) is 3.56. The van der Waals surface area contributed by atoms with Crippen LogP contribution in [0.1, 0.15) is 17.0 Å². The van der Waals surface area contributed by atoms with Gasteiger partial charge < -0.3 is 10.6 Å². The monoisotopic (exact) mass is 318 g/mol. The SMILES string of the molecule is O=C(NCCF)NCC(Cc1ccc(F)cc1)c1ccccc1. The van der Waals surface area contributed by atoms with E-state index in [2.05, 4.69) is 10.6 Å². The Kier molecular flexibility index (Phi) is 6.54. The van der Waals surface area contributed by atoms with Crippen LogP contribution < -0.4 is 10.6 Å². The molecular formula is C18H20F2N2O. The minimum Gasteiger partial charge on any atom is -0.338 e. The molecule has 1 atom stereocenters. The highest BCUT2D eigenvalue weighted by molar-refractivity contribution is 5.73. The molecule has 0 saturated heterocycles. The first-order valence-electron chi connectivity index (χ1n) is 7.56. The molecule has 0 aromatic heterocycles. The van der Waals surface area contributed by atoms with Gasteiger partial charge in [0.15, 0.2) is 0 Å². The van der Waals surface area contributed by atoms with Crippen LogP contribution in [-0.2, 0) is 6.42 Å². The predicted molar refractivity (Wildman–Crippen MR) is 86.7 cm³/mol. The smallest absolute Gasteiger partial charge is 0.314 e. The molecule has 3 nitrogen and oxygen atoms in total. The second-order valence-corrected chi connectivity index (χ2v) is 5.26. The van der Waals surface area contributed by atoms with Gasteiger partial charge in [-0.25, -0.2) is 13.6 Å². The number of carbonyl (C=O) groups excluding carboxylic acids is 1. The Morgan fingerprint density at radius 1 is 1.00 bits per heavy atom. The van der Waals surface area contributed by atoms with Gasteiger partial charge in [0, 0.05) is 19.0 Å². The van der Waals surface area contributed by atoms with Crippen molar-refractivity contribution in [2.75, 3.05) is 19.8 Å². The van der Waals surface area contributed by atoms with Gasteiger partial charge in [-0.15, -0.1) is 0 Å². The number of nitrogens with one attached hydrogen (secondary N) is 2. The summed E-state index contributed by atoms with van der Waals surface area (Å²) in [6, 6.07) is 15.8. The van der Waals surface area contributed by atoms with Crippen molar-refractivity contribution in [1.29, 1.82) is 0 Å². The predicted octanol–water partition coefficient (Wildman–Crippen LogP) is 3.42. The Morgan fingerprint density at radius 3 is 2.35 bits per heavy atom. The molecule has 0 aliphatic rings. The van der Waals surface area contributed by atoms with E-state index in [4.69, 9.17) is 0 Å². The van der Waals surface area contributed by atoms with Gasteiger partial charge >= 0.3 is 6.03 Å². The van der Waals surface area contributed by atoms with Crippen LogP contribution in [0.25, 0.3) is 0 Å². The van der Waals surface area contributed by atoms with E-state index in [0.29, 0.717) is 13.0 Å². The molecular weight excluding hydrogens is 298 g/mol.